The van der Waals surface area contributed by atoms with Crippen molar-refractivity contribution < 1.29 is 9.53 Å². The number of hydrogen-bond donors (Lipinski definition) is 3. The molecule has 0 spiro atoms. The molecule has 0 radical (unpaired) electrons. The summed E-state index contributed by atoms with van der Waals surface area (Å²) in [5.41, 5.74) is 9.42. The lowest BCUT2D eigenvalue weighted by molar-refractivity contribution is 0.248. The molecule has 1 unspecified atom stereocenters. The van der Waals surface area contributed by atoms with Crippen LogP contribution in [0.25, 0.3) is 0 Å². The minimum Gasteiger partial charge on any atom is -0.497 e. The van der Waals surface area contributed by atoms with Crippen LogP contribution in [-0.2, 0) is 6.42 Å². The first-order chi connectivity index (χ1) is 10.7. The van der Waals surface area contributed by atoms with Gasteiger partial charge < -0.3 is 21.1 Å². The number of ether oxygens (including phenoxy) is 1. The van der Waals surface area contributed by atoms with Crippen molar-refractivity contribution in [2.75, 3.05) is 18.2 Å². The van der Waals surface area contributed by atoms with Crippen molar-refractivity contribution in [3.05, 3.63) is 53.6 Å². The maximum Gasteiger partial charge on any atom is 0.319 e. The Balaban J connectivity index is 1.69. The van der Waals surface area contributed by atoms with Crippen LogP contribution in [0.3, 0.4) is 0 Å². The van der Waals surface area contributed by atoms with E-state index in [4.69, 9.17) is 10.5 Å². The van der Waals surface area contributed by atoms with E-state index in [1.807, 2.05) is 12.1 Å². The zero-order chi connectivity index (χ0) is 15.5. The Morgan fingerprint density at radius 3 is 2.91 bits per heavy atom. The Morgan fingerprint density at radius 1 is 1.27 bits per heavy atom. The van der Waals surface area contributed by atoms with E-state index in [0.717, 1.165) is 12.8 Å². The number of nitrogens with one attached hydrogen (secondary N) is 2. The van der Waals surface area contributed by atoms with Gasteiger partial charge >= 0.3 is 6.03 Å². The molecule has 1 atom stereocenters. The van der Waals surface area contributed by atoms with Gasteiger partial charge in [0.05, 0.1) is 24.5 Å². The van der Waals surface area contributed by atoms with Crippen LogP contribution in [0.2, 0.25) is 0 Å². The molecular weight excluding hydrogens is 278 g/mol. The number of carbonyl (C=O) groups excluding carboxylic acids is 1. The first kappa shape index (κ1) is 14.3. The molecule has 0 saturated carbocycles. The monoisotopic (exact) mass is 297 g/mol. The molecule has 5 nitrogen and oxygen atoms in total. The highest BCUT2D eigenvalue weighted by molar-refractivity contribution is 5.93. The number of nitrogens with two attached hydrogens (primary N) is 1. The third-order valence-electron chi connectivity index (χ3n) is 3.95. The summed E-state index contributed by atoms with van der Waals surface area (Å²) in [6.07, 6.45) is 1.91. The molecule has 22 heavy (non-hydrogen) atoms. The van der Waals surface area contributed by atoms with Crippen LogP contribution in [0.15, 0.2) is 42.5 Å². The van der Waals surface area contributed by atoms with E-state index >= 15 is 0 Å². The Labute approximate surface area is 129 Å². The summed E-state index contributed by atoms with van der Waals surface area (Å²) in [5, 5.41) is 5.79. The van der Waals surface area contributed by atoms with Crippen molar-refractivity contribution in [3.8, 4) is 5.75 Å². The van der Waals surface area contributed by atoms with E-state index in [2.05, 4.69) is 22.8 Å². The molecule has 1 aliphatic carbocycles. The molecule has 114 valence electrons. The molecule has 2 aromatic carbocycles. The van der Waals surface area contributed by atoms with Crippen LogP contribution in [0.5, 0.6) is 5.75 Å². The van der Waals surface area contributed by atoms with E-state index in [-0.39, 0.29) is 12.1 Å². The molecule has 0 heterocycles. The van der Waals surface area contributed by atoms with Gasteiger partial charge in [0.15, 0.2) is 0 Å². The maximum absolute atomic E-state index is 12.2. The number of carbonyl (C=O) groups is 1. The van der Waals surface area contributed by atoms with E-state index in [0.29, 0.717) is 17.1 Å². The number of anilines is 2. The minimum absolute atomic E-state index is 0.0445. The summed E-state index contributed by atoms with van der Waals surface area (Å²) >= 11 is 0. The van der Waals surface area contributed by atoms with Crippen molar-refractivity contribution in [1.29, 1.82) is 0 Å². The van der Waals surface area contributed by atoms with Crippen molar-refractivity contribution in [3.63, 3.8) is 0 Å². The number of nitrogen functional groups attached to an aromatic ring is 1. The molecule has 4 N–H and O–H groups in total. The lowest BCUT2D eigenvalue weighted by Crippen LogP contribution is -2.31. The second-order valence-electron chi connectivity index (χ2n) is 5.34. The SMILES string of the molecule is COc1ccc(N)c(NC(=O)NC2CCc3ccccc32)c1. The van der Waals surface area contributed by atoms with Gasteiger partial charge in [0, 0.05) is 6.07 Å². The quantitative estimate of drug-likeness (QED) is 0.762. The summed E-state index contributed by atoms with van der Waals surface area (Å²) in [4.78, 5) is 12.2. The van der Waals surface area contributed by atoms with Gasteiger partial charge in [-0.25, -0.2) is 4.79 Å². The summed E-state index contributed by atoms with van der Waals surface area (Å²) in [5.74, 6) is 0.649. The lowest BCUT2D eigenvalue weighted by Gasteiger charge is -2.16. The van der Waals surface area contributed by atoms with Crippen molar-refractivity contribution in [2.24, 2.45) is 0 Å². The molecule has 5 heteroatoms. The summed E-state index contributed by atoms with van der Waals surface area (Å²) in [7, 11) is 1.57. The molecule has 1 aliphatic rings. The van der Waals surface area contributed by atoms with Gasteiger partial charge in [0.2, 0.25) is 0 Å². The summed E-state index contributed by atoms with van der Waals surface area (Å²) in [6, 6.07) is 13.1. The summed E-state index contributed by atoms with van der Waals surface area (Å²) in [6.45, 7) is 0. The molecular formula is C17H19N3O2. The van der Waals surface area contributed by atoms with Gasteiger partial charge in [-0.2, -0.15) is 0 Å². The Hall–Kier alpha value is -2.69. The highest BCUT2D eigenvalue weighted by atomic mass is 16.5. The Bertz CT molecular complexity index is 700. The molecule has 0 aromatic heterocycles. The predicted molar refractivity (Wildman–Crippen MR) is 87.1 cm³/mol. The minimum atomic E-state index is -0.262. The maximum atomic E-state index is 12.2. The zero-order valence-electron chi connectivity index (χ0n) is 12.4. The number of fused-ring (bicyclic) bond motifs is 1. The average Bonchev–Trinajstić information content (AvgIpc) is 2.93. The number of aryl methyl sites for hydroxylation is 1. The van der Waals surface area contributed by atoms with Crippen molar-refractivity contribution >= 4 is 17.4 Å². The predicted octanol–water partition coefficient (Wildman–Crippen LogP) is 3.09. The second kappa shape index (κ2) is 5.97. The Morgan fingerprint density at radius 2 is 2.09 bits per heavy atom. The van der Waals surface area contributed by atoms with Crippen LogP contribution in [0.4, 0.5) is 16.2 Å². The van der Waals surface area contributed by atoms with E-state index in [1.165, 1.54) is 11.1 Å². The smallest absolute Gasteiger partial charge is 0.319 e. The standard InChI is InChI=1S/C17H19N3O2/c1-22-12-7-8-14(18)16(10-12)20-17(21)19-15-9-6-11-4-2-3-5-13(11)15/h2-5,7-8,10,15H,6,9,18H2,1H3,(H2,19,20,21). The first-order valence-electron chi connectivity index (χ1n) is 7.26. The highest BCUT2D eigenvalue weighted by Crippen LogP contribution is 2.31. The van der Waals surface area contributed by atoms with Crippen LogP contribution in [0.1, 0.15) is 23.6 Å². The lowest BCUT2D eigenvalue weighted by atomic mass is 10.1. The number of hydrogen-bond acceptors (Lipinski definition) is 3. The fourth-order valence-electron chi connectivity index (χ4n) is 2.79. The van der Waals surface area contributed by atoms with Crippen LogP contribution >= 0.6 is 0 Å². The third-order valence-corrected chi connectivity index (χ3v) is 3.95. The number of amides is 2. The fraction of sp³-hybridized carbons (Fsp3) is 0.235. The first-order valence-corrected chi connectivity index (χ1v) is 7.26. The molecule has 3 rings (SSSR count). The second-order valence-corrected chi connectivity index (χ2v) is 5.34. The molecule has 0 fully saturated rings. The van der Waals surface area contributed by atoms with Gasteiger partial charge in [-0.1, -0.05) is 24.3 Å². The zero-order valence-corrected chi connectivity index (χ0v) is 12.4. The molecule has 0 bridgehead atoms. The van der Waals surface area contributed by atoms with Crippen molar-refractivity contribution in [1.82, 2.24) is 5.32 Å². The molecule has 0 aliphatic heterocycles. The van der Waals surface area contributed by atoms with Crippen molar-refractivity contribution in [2.45, 2.75) is 18.9 Å². The number of urea groups is 1. The van der Waals surface area contributed by atoms with E-state index in [9.17, 15) is 4.79 Å². The number of benzene rings is 2. The van der Waals surface area contributed by atoms with Gasteiger partial charge in [-0.05, 0) is 36.1 Å². The van der Waals surface area contributed by atoms with Gasteiger partial charge in [0.1, 0.15) is 5.75 Å². The molecule has 2 amide bonds. The average molecular weight is 297 g/mol. The van der Waals surface area contributed by atoms with E-state index < -0.39 is 0 Å². The fourth-order valence-corrected chi connectivity index (χ4v) is 2.79. The largest absolute Gasteiger partial charge is 0.497 e. The summed E-state index contributed by atoms with van der Waals surface area (Å²) < 4.78 is 5.14. The van der Waals surface area contributed by atoms with Gasteiger partial charge in [0.25, 0.3) is 0 Å². The molecule has 2 aromatic rings. The topological polar surface area (TPSA) is 76.4 Å². The number of rotatable bonds is 3. The van der Waals surface area contributed by atoms with Gasteiger partial charge in [-0.3, -0.25) is 0 Å². The van der Waals surface area contributed by atoms with E-state index in [1.54, 1.807) is 25.3 Å². The van der Waals surface area contributed by atoms with Gasteiger partial charge in [-0.15, -0.1) is 0 Å². The van der Waals surface area contributed by atoms with Crippen LogP contribution < -0.4 is 21.1 Å². The van der Waals surface area contributed by atoms with Crippen LogP contribution in [-0.4, -0.2) is 13.1 Å². The number of methoxy groups -OCH3 is 1. The highest BCUT2D eigenvalue weighted by Gasteiger charge is 2.23. The normalized spacial score (nSPS) is 16.0. The Kier molecular flexibility index (Phi) is 3.87. The molecule has 0 saturated heterocycles. The van der Waals surface area contributed by atoms with Crippen LogP contribution in [0, 0.1) is 0 Å². The third kappa shape index (κ3) is 2.83.